The molecule has 0 bridgehead atoms. The molecule has 10 nitrogen and oxygen atoms in total. The number of primary amides is 1. The molecule has 166 valence electrons. The molecule has 4 rings (SSSR count). The lowest BCUT2D eigenvalue weighted by Gasteiger charge is -2.19. The summed E-state index contributed by atoms with van der Waals surface area (Å²) in [5.74, 6) is 0.462. The Labute approximate surface area is 184 Å². The summed E-state index contributed by atoms with van der Waals surface area (Å²) in [6, 6.07) is 9.75. The molecule has 0 unspecified atom stereocenters. The van der Waals surface area contributed by atoms with E-state index in [-0.39, 0.29) is 18.7 Å². The van der Waals surface area contributed by atoms with Crippen molar-refractivity contribution in [3.63, 3.8) is 0 Å². The number of para-hydroxylation sites is 1. The Kier molecular flexibility index (Phi) is 6.41. The van der Waals surface area contributed by atoms with E-state index in [0.717, 1.165) is 29.3 Å². The lowest BCUT2D eigenvalue weighted by atomic mass is 10.1. The highest BCUT2D eigenvalue weighted by molar-refractivity contribution is 5.87. The fourth-order valence-electron chi connectivity index (χ4n) is 3.78. The number of aromatic nitrogens is 5. The molecule has 1 atom stereocenters. The van der Waals surface area contributed by atoms with Gasteiger partial charge in [0.1, 0.15) is 11.0 Å². The van der Waals surface area contributed by atoms with E-state index in [1.54, 1.807) is 17.1 Å². The van der Waals surface area contributed by atoms with Crippen molar-refractivity contribution in [3.05, 3.63) is 48.3 Å². The summed E-state index contributed by atoms with van der Waals surface area (Å²) in [6.45, 7) is 2.56. The molecule has 10 heteroatoms. The minimum Gasteiger partial charge on any atom is -0.396 e. The fraction of sp³-hybridized carbons (Fsp3) is 0.318. The Bertz CT molecular complexity index is 1230. The first-order valence-corrected chi connectivity index (χ1v) is 10.5. The maximum absolute atomic E-state index is 11.3. The van der Waals surface area contributed by atoms with E-state index in [0.29, 0.717) is 29.8 Å². The summed E-state index contributed by atoms with van der Waals surface area (Å²) >= 11 is 0. The highest BCUT2D eigenvalue weighted by Crippen LogP contribution is 2.26. The number of nitrogens with two attached hydrogens (primary N) is 1. The van der Waals surface area contributed by atoms with Crippen molar-refractivity contribution in [1.29, 1.82) is 0 Å². The van der Waals surface area contributed by atoms with Crippen molar-refractivity contribution in [1.82, 2.24) is 24.7 Å². The van der Waals surface area contributed by atoms with Crippen molar-refractivity contribution in [3.8, 4) is 6.01 Å². The van der Waals surface area contributed by atoms with Gasteiger partial charge < -0.3 is 20.9 Å². The molecule has 0 aliphatic rings. The third kappa shape index (κ3) is 4.59. The molecular formula is C22H25N7O3. The lowest BCUT2D eigenvalue weighted by Crippen LogP contribution is -2.23. The highest BCUT2D eigenvalue weighted by atomic mass is 16.6. The summed E-state index contributed by atoms with van der Waals surface area (Å²) in [5, 5.41) is 18.4. The summed E-state index contributed by atoms with van der Waals surface area (Å²) in [5.41, 5.74) is 8.21. The molecule has 32 heavy (non-hydrogen) atoms. The normalized spacial score (nSPS) is 12.2. The van der Waals surface area contributed by atoms with Crippen LogP contribution in [0.15, 0.2) is 42.7 Å². The number of pyridine rings is 1. The molecule has 1 aromatic carbocycles. The second-order valence-corrected chi connectivity index (χ2v) is 7.45. The number of rotatable bonds is 9. The van der Waals surface area contributed by atoms with Gasteiger partial charge in [-0.15, -0.1) is 0 Å². The van der Waals surface area contributed by atoms with Crippen LogP contribution in [-0.4, -0.2) is 48.6 Å². The van der Waals surface area contributed by atoms with Crippen molar-refractivity contribution >= 4 is 33.8 Å². The Morgan fingerprint density at radius 3 is 2.88 bits per heavy atom. The van der Waals surface area contributed by atoms with Gasteiger partial charge in [-0.2, -0.15) is 15.1 Å². The largest absolute Gasteiger partial charge is 0.412 e. The minimum atomic E-state index is -0.995. The maximum Gasteiger partial charge on any atom is 0.412 e. The second-order valence-electron chi connectivity index (χ2n) is 7.45. The van der Waals surface area contributed by atoms with Crippen LogP contribution >= 0.6 is 0 Å². The number of nitrogens with zero attached hydrogens (tertiary/aromatic N) is 5. The SMILES string of the molecule is CCC[C@@H](CCO)Nc1nc(OC(N)=O)nc2cnn(Cc3cccc4cccnc34)c12. The molecule has 0 aliphatic carbocycles. The number of hydrogen-bond donors (Lipinski definition) is 3. The van der Waals surface area contributed by atoms with Crippen LogP contribution in [0.2, 0.25) is 0 Å². The van der Waals surface area contributed by atoms with Gasteiger partial charge in [-0.05, 0) is 24.5 Å². The third-order valence-electron chi connectivity index (χ3n) is 5.15. The number of benzene rings is 1. The van der Waals surface area contributed by atoms with Crippen LogP contribution in [-0.2, 0) is 6.54 Å². The molecule has 0 saturated heterocycles. The minimum absolute atomic E-state index is 0.0212. The van der Waals surface area contributed by atoms with Gasteiger partial charge in [0.25, 0.3) is 0 Å². The first-order chi connectivity index (χ1) is 15.6. The van der Waals surface area contributed by atoms with Crippen LogP contribution in [0.1, 0.15) is 31.7 Å². The number of carbonyl (C=O) groups excluding carboxylic acids is 1. The van der Waals surface area contributed by atoms with Crippen molar-refractivity contribution in [2.24, 2.45) is 5.73 Å². The predicted octanol–water partition coefficient (Wildman–Crippen LogP) is 2.84. The zero-order chi connectivity index (χ0) is 22.5. The van der Waals surface area contributed by atoms with E-state index >= 15 is 0 Å². The first kappa shape index (κ1) is 21.4. The van der Waals surface area contributed by atoms with E-state index in [1.165, 1.54) is 0 Å². The van der Waals surface area contributed by atoms with Crippen molar-refractivity contribution in [2.45, 2.75) is 38.8 Å². The van der Waals surface area contributed by atoms with Crippen LogP contribution < -0.4 is 15.8 Å². The number of nitrogens with one attached hydrogen (secondary N) is 1. The Morgan fingerprint density at radius 1 is 1.25 bits per heavy atom. The summed E-state index contributed by atoms with van der Waals surface area (Å²) in [4.78, 5) is 24.4. The molecule has 3 heterocycles. The maximum atomic E-state index is 11.3. The zero-order valence-electron chi connectivity index (χ0n) is 17.7. The number of hydrogen-bond acceptors (Lipinski definition) is 8. The summed E-state index contributed by atoms with van der Waals surface area (Å²) in [7, 11) is 0. The number of fused-ring (bicyclic) bond motifs is 2. The van der Waals surface area contributed by atoms with Crippen LogP contribution in [0.5, 0.6) is 6.01 Å². The van der Waals surface area contributed by atoms with E-state index < -0.39 is 6.09 Å². The number of anilines is 1. The molecule has 0 fully saturated rings. The standard InChI is InChI=1S/C22H25N7O3/c1-2-5-16(9-11-30)26-20-19-17(27-22(28-20)32-21(23)31)12-25-29(19)13-15-7-3-6-14-8-4-10-24-18(14)15/h3-4,6-8,10,12,16,30H,2,5,9,11,13H2,1H3,(H2,23,31)(H,26,27,28)/t16-/m0/s1. The quantitative estimate of drug-likeness (QED) is 0.364. The van der Waals surface area contributed by atoms with Gasteiger partial charge >= 0.3 is 12.1 Å². The van der Waals surface area contributed by atoms with E-state index in [9.17, 15) is 9.90 Å². The van der Waals surface area contributed by atoms with E-state index in [2.05, 4.69) is 32.3 Å². The molecule has 3 aromatic heterocycles. The third-order valence-corrected chi connectivity index (χ3v) is 5.15. The van der Waals surface area contributed by atoms with Gasteiger partial charge in [0.15, 0.2) is 5.82 Å². The van der Waals surface area contributed by atoms with Gasteiger partial charge in [-0.25, -0.2) is 4.79 Å². The van der Waals surface area contributed by atoms with Gasteiger partial charge in [-0.1, -0.05) is 37.6 Å². The summed E-state index contributed by atoms with van der Waals surface area (Å²) < 4.78 is 6.72. The molecular weight excluding hydrogens is 410 g/mol. The number of ether oxygens (including phenoxy) is 1. The van der Waals surface area contributed by atoms with E-state index in [4.69, 9.17) is 10.5 Å². The predicted molar refractivity (Wildman–Crippen MR) is 120 cm³/mol. The number of aliphatic hydroxyl groups is 1. The lowest BCUT2D eigenvalue weighted by molar-refractivity contribution is 0.207. The van der Waals surface area contributed by atoms with Crippen molar-refractivity contribution < 1.29 is 14.6 Å². The Balaban J connectivity index is 1.78. The molecule has 0 spiro atoms. The monoisotopic (exact) mass is 435 g/mol. The number of aliphatic hydroxyl groups excluding tert-OH is 1. The Hall–Kier alpha value is -3.79. The fourth-order valence-corrected chi connectivity index (χ4v) is 3.78. The number of carbonyl (C=O) groups is 1. The average Bonchev–Trinajstić information content (AvgIpc) is 3.17. The zero-order valence-corrected chi connectivity index (χ0v) is 17.7. The first-order valence-electron chi connectivity index (χ1n) is 10.5. The second kappa shape index (κ2) is 9.56. The number of amides is 1. The molecule has 0 radical (unpaired) electrons. The van der Waals surface area contributed by atoms with Gasteiger partial charge in [0.2, 0.25) is 0 Å². The van der Waals surface area contributed by atoms with Gasteiger partial charge in [0.05, 0.1) is 18.3 Å². The topological polar surface area (TPSA) is 141 Å². The van der Waals surface area contributed by atoms with Crippen LogP contribution in [0.4, 0.5) is 10.6 Å². The molecule has 1 amide bonds. The smallest absolute Gasteiger partial charge is 0.396 e. The van der Waals surface area contributed by atoms with Gasteiger partial charge in [0, 0.05) is 24.2 Å². The van der Waals surface area contributed by atoms with Crippen LogP contribution in [0.3, 0.4) is 0 Å². The van der Waals surface area contributed by atoms with Crippen molar-refractivity contribution in [2.75, 3.05) is 11.9 Å². The van der Waals surface area contributed by atoms with E-state index in [1.807, 2.05) is 30.3 Å². The Morgan fingerprint density at radius 2 is 2.09 bits per heavy atom. The molecule has 0 saturated carbocycles. The van der Waals surface area contributed by atoms with Gasteiger partial charge in [-0.3, -0.25) is 9.67 Å². The molecule has 4 N–H and O–H groups in total. The van der Waals surface area contributed by atoms with Crippen LogP contribution in [0.25, 0.3) is 21.9 Å². The van der Waals surface area contributed by atoms with Crippen LogP contribution in [0, 0.1) is 0 Å². The highest BCUT2D eigenvalue weighted by Gasteiger charge is 2.19. The average molecular weight is 435 g/mol. The molecule has 0 aliphatic heterocycles. The molecule has 4 aromatic rings. The summed E-state index contributed by atoms with van der Waals surface area (Å²) in [6.07, 6.45) is 4.67.